The highest BCUT2D eigenvalue weighted by molar-refractivity contribution is 7.14. The van der Waals surface area contributed by atoms with Crippen molar-refractivity contribution in [3.05, 3.63) is 73.8 Å². The number of anilines is 1. The molecule has 1 aromatic heterocycles. The monoisotopic (exact) mass is 574 g/mol. The Morgan fingerprint density at radius 1 is 1.21 bits per heavy atom. The lowest BCUT2D eigenvalue weighted by molar-refractivity contribution is -0.135. The largest absolute Gasteiger partial charge is 0.490 e. The Kier molecular flexibility index (Phi) is 9.44. The van der Waals surface area contributed by atoms with Gasteiger partial charge in [0, 0.05) is 28.7 Å². The molecule has 7 nitrogen and oxygen atoms in total. The number of methoxy groups -OCH3 is 1. The maximum atomic E-state index is 12.9. The molecule has 1 amide bonds. The van der Waals surface area contributed by atoms with Crippen LogP contribution in [0, 0.1) is 12.8 Å². The number of rotatable bonds is 10. The molecule has 0 spiro atoms. The number of carbonyl (C=O) groups excluding carboxylic acids is 1. The molecule has 1 aliphatic carbocycles. The van der Waals surface area contributed by atoms with Crippen LogP contribution in [0.25, 0.3) is 17.3 Å². The summed E-state index contributed by atoms with van der Waals surface area (Å²) in [5, 5.41) is 14.5. The summed E-state index contributed by atoms with van der Waals surface area (Å²) in [6.45, 7) is 3.42. The topological polar surface area (TPSA) is 97.8 Å². The first kappa shape index (κ1) is 28.1. The van der Waals surface area contributed by atoms with Crippen molar-refractivity contribution in [2.24, 2.45) is 5.92 Å². The lowest BCUT2D eigenvalue weighted by atomic mass is 10.0. The Balaban J connectivity index is 1.45. The maximum absolute atomic E-state index is 12.9. The van der Waals surface area contributed by atoms with Gasteiger partial charge in [-0.25, -0.2) is 9.78 Å². The highest BCUT2D eigenvalue weighted by Gasteiger charge is 2.18. The van der Waals surface area contributed by atoms with Crippen molar-refractivity contribution >= 4 is 57.6 Å². The van der Waals surface area contributed by atoms with Crippen molar-refractivity contribution in [2.45, 2.75) is 39.2 Å². The number of carboxylic acid groups (broad SMARTS) is 1. The molecule has 38 heavy (non-hydrogen) atoms. The van der Waals surface area contributed by atoms with E-state index in [0.29, 0.717) is 17.7 Å². The summed E-state index contributed by atoms with van der Waals surface area (Å²) in [5.41, 5.74) is 4.42. The Labute approximate surface area is 235 Å². The number of nitrogens with zero attached hydrogens (tertiary/aromatic N) is 1. The van der Waals surface area contributed by atoms with Crippen molar-refractivity contribution < 1.29 is 24.2 Å². The summed E-state index contributed by atoms with van der Waals surface area (Å²) < 4.78 is 10.8. The van der Waals surface area contributed by atoms with E-state index in [0.717, 1.165) is 29.0 Å². The summed E-state index contributed by atoms with van der Waals surface area (Å²) in [6, 6.07) is 8.90. The van der Waals surface area contributed by atoms with Crippen LogP contribution in [0.3, 0.4) is 0 Å². The molecule has 0 atom stereocenters. The van der Waals surface area contributed by atoms with Gasteiger partial charge in [-0.15, -0.1) is 11.3 Å². The summed E-state index contributed by atoms with van der Waals surface area (Å²) in [5.74, 6) is -1.37. The zero-order chi connectivity index (χ0) is 27.2. The molecule has 0 bridgehead atoms. The summed E-state index contributed by atoms with van der Waals surface area (Å²) in [4.78, 5) is 28.7. The Bertz CT molecular complexity index is 1340. The number of hydrogen-bond donors (Lipinski definition) is 2. The van der Waals surface area contributed by atoms with Gasteiger partial charge >= 0.3 is 5.97 Å². The van der Waals surface area contributed by atoms with E-state index >= 15 is 0 Å². The minimum absolute atomic E-state index is 0.112. The number of nitrogens with one attached hydrogen (secondary N) is 1. The average molecular weight is 576 g/mol. The number of amides is 1. The molecule has 0 unspecified atom stereocenters. The van der Waals surface area contributed by atoms with Gasteiger partial charge in [0.25, 0.3) is 5.91 Å². The number of carboxylic acids is 1. The first-order valence-corrected chi connectivity index (χ1v) is 13.8. The number of thiazole rings is 1. The van der Waals surface area contributed by atoms with Gasteiger partial charge in [0.15, 0.2) is 5.13 Å². The van der Waals surface area contributed by atoms with Gasteiger partial charge in [0.1, 0.15) is 0 Å². The second kappa shape index (κ2) is 12.8. The van der Waals surface area contributed by atoms with Gasteiger partial charge < -0.3 is 14.6 Å². The van der Waals surface area contributed by atoms with Crippen LogP contribution in [0.4, 0.5) is 5.13 Å². The minimum Gasteiger partial charge on any atom is -0.490 e. The molecule has 4 rings (SSSR count). The van der Waals surface area contributed by atoms with Crippen LogP contribution in [0.15, 0.2) is 41.5 Å². The van der Waals surface area contributed by atoms with Gasteiger partial charge in [-0.2, -0.15) is 0 Å². The van der Waals surface area contributed by atoms with Crippen molar-refractivity contribution in [3.63, 3.8) is 0 Å². The molecule has 0 aliphatic heterocycles. The fourth-order valence-corrected chi connectivity index (χ4v) is 5.75. The molecule has 0 saturated heterocycles. The van der Waals surface area contributed by atoms with Crippen LogP contribution < -0.4 is 5.32 Å². The summed E-state index contributed by atoms with van der Waals surface area (Å²) in [7, 11) is 1.23. The van der Waals surface area contributed by atoms with Crippen LogP contribution in [0.1, 0.15) is 52.7 Å². The maximum Gasteiger partial charge on any atom is 0.371 e. The number of halogens is 2. The Morgan fingerprint density at radius 3 is 2.58 bits per heavy atom. The zero-order valence-corrected chi connectivity index (χ0v) is 23.4. The summed E-state index contributed by atoms with van der Waals surface area (Å²) >= 11 is 13.9. The van der Waals surface area contributed by atoms with Crippen LogP contribution in [0.5, 0.6) is 0 Å². The van der Waals surface area contributed by atoms with Gasteiger partial charge in [-0.05, 0) is 55.0 Å². The fourth-order valence-electron chi connectivity index (χ4n) is 4.45. The van der Waals surface area contributed by atoms with Gasteiger partial charge in [0.2, 0.25) is 5.76 Å². The van der Waals surface area contributed by atoms with Gasteiger partial charge in [0.05, 0.1) is 29.5 Å². The van der Waals surface area contributed by atoms with Crippen LogP contribution in [-0.4, -0.2) is 35.7 Å². The number of aromatic nitrogens is 1. The zero-order valence-electron chi connectivity index (χ0n) is 21.1. The van der Waals surface area contributed by atoms with E-state index in [4.69, 9.17) is 37.8 Å². The predicted octanol–water partition coefficient (Wildman–Crippen LogP) is 7.46. The molecule has 1 saturated carbocycles. The molecule has 200 valence electrons. The molecule has 1 fully saturated rings. The number of benzene rings is 2. The number of carbonyl (C=O) groups is 2. The van der Waals surface area contributed by atoms with E-state index in [1.54, 1.807) is 0 Å². The van der Waals surface area contributed by atoms with Crippen molar-refractivity contribution in [1.29, 1.82) is 0 Å². The highest BCUT2D eigenvalue weighted by atomic mass is 35.5. The molecule has 0 radical (unpaired) electrons. The Hall–Kier alpha value is -2.91. The molecule has 10 heteroatoms. The third kappa shape index (κ3) is 6.74. The smallest absolute Gasteiger partial charge is 0.371 e. The standard InChI is InChI=1S/C28H28Cl2N2O5S/c1-16-18(14-37-13-17-6-3-4-7-17)8-5-9-20(16)24-15-38-28(31-24)32-26(33)19-10-22(29)21(23(30)11-19)12-25(36-2)27(34)35/h5,8-12,15,17H,3-4,6-7,13-14H2,1-2H3,(H,34,35)(H,31,32,33)/b25-12-. The van der Waals surface area contributed by atoms with Crippen LogP contribution >= 0.6 is 34.5 Å². The number of aliphatic carboxylic acids is 1. The Morgan fingerprint density at radius 2 is 1.92 bits per heavy atom. The quantitative estimate of drug-likeness (QED) is 0.192. The molecular formula is C28H28Cl2N2O5S. The second-order valence-electron chi connectivity index (χ2n) is 9.12. The SMILES string of the molecule is CO/C(=C\c1c(Cl)cc(C(=O)Nc2nc(-c3cccc(COCC4CCCC4)c3C)cs2)cc1Cl)C(=O)O. The fraction of sp³-hybridized carbons (Fsp3) is 0.321. The lowest BCUT2D eigenvalue weighted by Gasteiger charge is -2.13. The first-order chi connectivity index (χ1) is 18.3. The summed E-state index contributed by atoms with van der Waals surface area (Å²) in [6.07, 6.45) is 6.32. The van der Waals surface area contributed by atoms with Gasteiger partial charge in [-0.1, -0.05) is 54.2 Å². The van der Waals surface area contributed by atoms with Crippen LogP contribution in [-0.2, 0) is 20.9 Å². The molecule has 3 aromatic rings. The molecule has 1 aliphatic rings. The highest BCUT2D eigenvalue weighted by Crippen LogP contribution is 2.32. The third-order valence-corrected chi connectivity index (χ3v) is 7.96. The van der Waals surface area contributed by atoms with E-state index in [1.807, 2.05) is 17.5 Å². The van der Waals surface area contributed by atoms with E-state index in [1.165, 1.54) is 62.3 Å². The van der Waals surface area contributed by atoms with Crippen molar-refractivity contribution in [2.75, 3.05) is 19.0 Å². The van der Waals surface area contributed by atoms with Gasteiger partial charge in [-0.3, -0.25) is 10.1 Å². The molecule has 2 aromatic carbocycles. The van der Waals surface area contributed by atoms with E-state index in [9.17, 15) is 9.59 Å². The molecule has 1 heterocycles. The van der Waals surface area contributed by atoms with Crippen molar-refractivity contribution in [3.8, 4) is 11.3 Å². The van der Waals surface area contributed by atoms with E-state index < -0.39 is 11.9 Å². The molecule has 2 N–H and O–H groups in total. The average Bonchev–Trinajstić information content (AvgIpc) is 3.57. The van der Waals surface area contributed by atoms with E-state index in [2.05, 4.69) is 23.3 Å². The second-order valence-corrected chi connectivity index (χ2v) is 10.8. The predicted molar refractivity (Wildman–Crippen MR) is 151 cm³/mol. The van der Waals surface area contributed by atoms with Crippen molar-refractivity contribution in [1.82, 2.24) is 4.98 Å². The first-order valence-electron chi connectivity index (χ1n) is 12.2. The number of hydrogen-bond acceptors (Lipinski definition) is 6. The third-order valence-electron chi connectivity index (χ3n) is 6.58. The normalized spacial score (nSPS) is 14.1. The minimum atomic E-state index is -1.27. The van der Waals surface area contributed by atoms with E-state index in [-0.39, 0.29) is 26.9 Å². The van der Waals surface area contributed by atoms with Crippen LogP contribution in [0.2, 0.25) is 10.0 Å². The number of ether oxygens (including phenoxy) is 2. The lowest BCUT2D eigenvalue weighted by Crippen LogP contribution is -2.12. The molecular weight excluding hydrogens is 547 g/mol.